The Kier molecular flexibility index (Phi) is 4.87. The van der Waals surface area contributed by atoms with Crippen LogP contribution in [0.3, 0.4) is 0 Å². The highest BCUT2D eigenvalue weighted by molar-refractivity contribution is 5.93. The van der Waals surface area contributed by atoms with E-state index in [1.165, 1.54) is 12.1 Å². The number of rotatable bonds is 6. The van der Waals surface area contributed by atoms with Gasteiger partial charge in [-0.05, 0) is 25.5 Å². The number of halogens is 1. The number of carbonyl (C=O) groups is 1. The molecule has 0 aliphatic heterocycles. The summed E-state index contributed by atoms with van der Waals surface area (Å²) >= 11 is 0. The molecule has 7 nitrogen and oxygen atoms in total. The number of benzene rings is 1. The van der Waals surface area contributed by atoms with Crippen LogP contribution in [-0.4, -0.2) is 34.2 Å². The second kappa shape index (κ2) is 7.25. The van der Waals surface area contributed by atoms with Gasteiger partial charge >= 0.3 is 0 Å². The van der Waals surface area contributed by atoms with Gasteiger partial charge in [0.2, 0.25) is 5.88 Å². The molecule has 0 radical (unpaired) electrons. The summed E-state index contributed by atoms with van der Waals surface area (Å²) in [4.78, 5) is 20.2. The highest BCUT2D eigenvalue weighted by Gasteiger charge is 2.20. The maximum absolute atomic E-state index is 13.5. The van der Waals surface area contributed by atoms with E-state index in [1.54, 1.807) is 19.1 Å². The van der Waals surface area contributed by atoms with Crippen LogP contribution in [0.15, 0.2) is 28.8 Å². The van der Waals surface area contributed by atoms with E-state index in [0.717, 1.165) is 6.42 Å². The predicted molar refractivity (Wildman–Crippen MR) is 88.5 cm³/mol. The molecular weight excluding hydrogens is 327 g/mol. The van der Waals surface area contributed by atoms with Crippen LogP contribution in [0, 0.1) is 12.7 Å². The SMILES string of the molecule is CCCNC(=O)COc1nc(C)nc2onc(-c3cccc(F)c3)c12. The number of ether oxygens (including phenoxy) is 1. The minimum atomic E-state index is -0.400. The molecule has 2 aromatic heterocycles. The summed E-state index contributed by atoms with van der Waals surface area (Å²) in [5, 5.41) is 7.08. The van der Waals surface area contributed by atoms with Crippen LogP contribution in [0.4, 0.5) is 4.39 Å². The summed E-state index contributed by atoms with van der Waals surface area (Å²) < 4.78 is 24.3. The number of hydrogen-bond donors (Lipinski definition) is 1. The van der Waals surface area contributed by atoms with Crippen LogP contribution < -0.4 is 10.1 Å². The minimum Gasteiger partial charge on any atom is -0.467 e. The quantitative estimate of drug-likeness (QED) is 0.739. The first-order valence-electron chi connectivity index (χ1n) is 7.88. The van der Waals surface area contributed by atoms with Crippen LogP contribution in [-0.2, 0) is 4.79 Å². The first-order chi connectivity index (χ1) is 12.1. The molecule has 2 heterocycles. The molecule has 3 aromatic rings. The smallest absolute Gasteiger partial charge is 0.265 e. The van der Waals surface area contributed by atoms with Crippen molar-refractivity contribution >= 4 is 17.0 Å². The van der Waals surface area contributed by atoms with Crippen LogP contribution in [0.5, 0.6) is 5.88 Å². The van der Waals surface area contributed by atoms with Gasteiger partial charge in [0.1, 0.15) is 22.7 Å². The number of aromatic nitrogens is 3. The zero-order valence-corrected chi connectivity index (χ0v) is 13.9. The van der Waals surface area contributed by atoms with E-state index in [2.05, 4.69) is 20.4 Å². The van der Waals surface area contributed by atoms with Crippen molar-refractivity contribution < 1.29 is 18.4 Å². The van der Waals surface area contributed by atoms with E-state index in [0.29, 0.717) is 29.0 Å². The Morgan fingerprint density at radius 3 is 2.96 bits per heavy atom. The van der Waals surface area contributed by atoms with Crippen molar-refractivity contribution in [3.05, 3.63) is 35.9 Å². The summed E-state index contributed by atoms with van der Waals surface area (Å²) in [6, 6.07) is 5.92. The molecule has 0 fully saturated rings. The van der Waals surface area contributed by atoms with Crippen molar-refractivity contribution in [3.63, 3.8) is 0 Å². The number of nitrogens with zero attached hydrogens (tertiary/aromatic N) is 3. The van der Waals surface area contributed by atoms with Crippen molar-refractivity contribution in [2.75, 3.05) is 13.2 Å². The van der Waals surface area contributed by atoms with Gasteiger partial charge in [0.05, 0.1) is 0 Å². The first kappa shape index (κ1) is 16.8. The molecule has 130 valence electrons. The van der Waals surface area contributed by atoms with Crippen LogP contribution in [0.2, 0.25) is 0 Å². The van der Waals surface area contributed by atoms with Gasteiger partial charge < -0.3 is 14.6 Å². The van der Waals surface area contributed by atoms with Crippen molar-refractivity contribution in [2.24, 2.45) is 0 Å². The van der Waals surface area contributed by atoms with Crippen LogP contribution >= 0.6 is 0 Å². The van der Waals surface area contributed by atoms with Crippen LogP contribution in [0.1, 0.15) is 19.2 Å². The van der Waals surface area contributed by atoms with Gasteiger partial charge in [-0.15, -0.1) is 0 Å². The van der Waals surface area contributed by atoms with Gasteiger partial charge in [-0.3, -0.25) is 4.79 Å². The van der Waals surface area contributed by atoms with E-state index in [4.69, 9.17) is 9.26 Å². The molecule has 0 aliphatic rings. The molecule has 1 aromatic carbocycles. The van der Waals surface area contributed by atoms with E-state index >= 15 is 0 Å². The molecule has 1 amide bonds. The van der Waals surface area contributed by atoms with E-state index in [1.807, 2.05) is 6.92 Å². The standard InChI is InChI=1S/C17H17FN4O3/c1-3-7-19-13(23)9-24-16-14-15(11-5-4-6-12(18)8-11)22-25-17(14)21-10(2)20-16/h4-6,8H,3,7,9H2,1-2H3,(H,19,23). The minimum absolute atomic E-state index is 0.176. The molecular formula is C17H17FN4O3. The molecule has 25 heavy (non-hydrogen) atoms. The lowest BCUT2D eigenvalue weighted by Crippen LogP contribution is -2.29. The van der Waals surface area contributed by atoms with Gasteiger partial charge in [-0.25, -0.2) is 4.39 Å². The fraction of sp³-hybridized carbons (Fsp3) is 0.294. The van der Waals surface area contributed by atoms with Crippen molar-refractivity contribution in [1.29, 1.82) is 0 Å². The lowest BCUT2D eigenvalue weighted by molar-refractivity contribution is -0.123. The first-order valence-corrected chi connectivity index (χ1v) is 7.88. The lowest BCUT2D eigenvalue weighted by Gasteiger charge is -2.07. The Bertz CT molecular complexity index is 910. The Morgan fingerprint density at radius 2 is 2.20 bits per heavy atom. The molecule has 0 atom stereocenters. The Hall–Kier alpha value is -3.03. The largest absolute Gasteiger partial charge is 0.467 e. The summed E-state index contributed by atoms with van der Waals surface area (Å²) in [7, 11) is 0. The van der Waals surface area contributed by atoms with E-state index < -0.39 is 5.82 Å². The number of carbonyl (C=O) groups excluding carboxylic acids is 1. The molecule has 0 saturated carbocycles. The summed E-state index contributed by atoms with van der Waals surface area (Å²) in [5.41, 5.74) is 1.08. The summed E-state index contributed by atoms with van der Waals surface area (Å²) in [6.07, 6.45) is 0.831. The van der Waals surface area contributed by atoms with Gasteiger partial charge in [-0.2, -0.15) is 9.97 Å². The molecule has 0 aliphatic carbocycles. The third kappa shape index (κ3) is 3.73. The molecule has 0 saturated heterocycles. The highest BCUT2D eigenvalue weighted by atomic mass is 19.1. The lowest BCUT2D eigenvalue weighted by atomic mass is 10.1. The molecule has 3 rings (SSSR count). The van der Waals surface area contributed by atoms with Gasteiger partial charge in [-0.1, -0.05) is 24.2 Å². The third-order valence-electron chi connectivity index (χ3n) is 3.42. The van der Waals surface area contributed by atoms with Crippen molar-refractivity contribution in [3.8, 4) is 17.1 Å². The van der Waals surface area contributed by atoms with Crippen LogP contribution in [0.25, 0.3) is 22.4 Å². The molecule has 0 bridgehead atoms. The van der Waals surface area contributed by atoms with Gasteiger partial charge in [0.25, 0.3) is 11.6 Å². The summed E-state index contributed by atoms with van der Waals surface area (Å²) in [6.45, 7) is 4.01. The Labute approximate surface area is 143 Å². The second-order valence-electron chi connectivity index (χ2n) is 5.44. The van der Waals surface area contributed by atoms with Gasteiger partial charge in [0.15, 0.2) is 6.61 Å². The fourth-order valence-electron chi connectivity index (χ4n) is 2.31. The van der Waals surface area contributed by atoms with Crippen molar-refractivity contribution in [2.45, 2.75) is 20.3 Å². The maximum atomic E-state index is 13.5. The number of fused-ring (bicyclic) bond motifs is 1. The zero-order valence-electron chi connectivity index (χ0n) is 13.9. The maximum Gasteiger partial charge on any atom is 0.265 e. The van der Waals surface area contributed by atoms with E-state index in [-0.39, 0.29) is 24.1 Å². The van der Waals surface area contributed by atoms with Crippen molar-refractivity contribution in [1.82, 2.24) is 20.4 Å². The third-order valence-corrected chi connectivity index (χ3v) is 3.42. The fourth-order valence-corrected chi connectivity index (χ4v) is 2.31. The number of amides is 1. The predicted octanol–water partition coefficient (Wildman–Crippen LogP) is 2.64. The topological polar surface area (TPSA) is 90.1 Å². The molecule has 0 spiro atoms. The Morgan fingerprint density at radius 1 is 1.36 bits per heavy atom. The number of hydrogen-bond acceptors (Lipinski definition) is 6. The molecule has 8 heteroatoms. The number of nitrogens with one attached hydrogen (secondary N) is 1. The molecule has 0 unspecified atom stereocenters. The highest BCUT2D eigenvalue weighted by Crippen LogP contribution is 2.33. The summed E-state index contributed by atoms with van der Waals surface area (Å²) in [5.74, 6) is -0.0637. The van der Waals surface area contributed by atoms with E-state index in [9.17, 15) is 9.18 Å². The normalized spacial score (nSPS) is 10.8. The second-order valence-corrected chi connectivity index (χ2v) is 5.44. The average Bonchev–Trinajstić information content (AvgIpc) is 3.01. The average molecular weight is 344 g/mol. The molecule has 1 N–H and O–H groups in total. The Balaban J connectivity index is 1.97. The number of aryl methyl sites for hydroxylation is 1. The zero-order chi connectivity index (χ0) is 17.8. The van der Waals surface area contributed by atoms with Gasteiger partial charge in [0, 0.05) is 12.1 Å². The monoisotopic (exact) mass is 344 g/mol.